The van der Waals surface area contributed by atoms with Gasteiger partial charge in [-0.05, 0) is 65.6 Å². The molecule has 0 heterocycles. The fraction of sp³-hybridized carbons (Fsp3) is 1.00. The quantitative estimate of drug-likeness (QED) is 0.444. The van der Waals surface area contributed by atoms with Crippen molar-refractivity contribution in [3.8, 4) is 0 Å². The molecule has 0 bridgehead atoms. The first kappa shape index (κ1) is 28.0. The highest BCUT2D eigenvalue weighted by molar-refractivity contribution is 4.76. The fourth-order valence-electron chi connectivity index (χ4n) is 3.36. The minimum Gasteiger partial charge on any atom is -0.0602 e. The molecule has 0 aromatic heterocycles. The van der Waals surface area contributed by atoms with Crippen LogP contribution in [0.15, 0.2) is 0 Å². The Balaban J connectivity index is 0.000000391. The molecule has 0 aromatic rings. The highest BCUT2D eigenvalue weighted by Crippen LogP contribution is 2.37. The number of hydrogen-bond donors (Lipinski definition) is 0. The summed E-state index contributed by atoms with van der Waals surface area (Å²) in [6.07, 6.45) is 14.5. The van der Waals surface area contributed by atoms with Crippen LogP contribution in [0.1, 0.15) is 147 Å². The topological polar surface area (TPSA) is 0 Å². The van der Waals surface area contributed by atoms with Gasteiger partial charge in [0.25, 0.3) is 0 Å². The maximum atomic E-state index is 2.34. The Kier molecular flexibility index (Phi) is 11.4. The van der Waals surface area contributed by atoms with Crippen molar-refractivity contribution in [2.45, 2.75) is 147 Å². The molecule has 2 fully saturated rings. The molecular weight excluding hydrogens is 336 g/mol. The highest BCUT2D eigenvalue weighted by Gasteiger charge is 2.24. The van der Waals surface area contributed by atoms with E-state index in [0.717, 1.165) is 11.8 Å². The van der Waals surface area contributed by atoms with Gasteiger partial charge >= 0.3 is 0 Å². The van der Waals surface area contributed by atoms with E-state index in [1.807, 2.05) is 0 Å². The van der Waals surface area contributed by atoms with Gasteiger partial charge in [0, 0.05) is 0 Å². The molecule has 0 spiro atoms. The van der Waals surface area contributed by atoms with E-state index in [2.05, 4.69) is 83.1 Å². The first-order chi connectivity index (χ1) is 12.4. The molecule has 0 amide bonds. The van der Waals surface area contributed by atoms with Gasteiger partial charge in [-0.25, -0.2) is 0 Å². The summed E-state index contributed by atoms with van der Waals surface area (Å²) in [5, 5.41) is 0. The van der Waals surface area contributed by atoms with E-state index in [1.54, 1.807) is 0 Å². The molecule has 2 aliphatic rings. The normalized spacial score (nSPS) is 18.4. The summed E-state index contributed by atoms with van der Waals surface area (Å²) < 4.78 is 0. The van der Waals surface area contributed by atoms with Crippen molar-refractivity contribution in [3.63, 3.8) is 0 Å². The third-order valence-electron chi connectivity index (χ3n) is 5.75. The van der Waals surface area contributed by atoms with Crippen LogP contribution in [0.3, 0.4) is 0 Å². The van der Waals surface area contributed by atoms with Crippen molar-refractivity contribution in [2.24, 2.45) is 33.5 Å². The summed E-state index contributed by atoms with van der Waals surface area (Å²) in [6, 6.07) is 0. The van der Waals surface area contributed by atoms with Crippen molar-refractivity contribution < 1.29 is 0 Å². The van der Waals surface area contributed by atoms with Crippen LogP contribution in [0.25, 0.3) is 0 Å². The maximum Gasteiger partial charge on any atom is -0.0380 e. The van der Waals surface area contributed by atoms with Gasteiger partial charge in [-0.1, -0.05) is 115 Å². The van der Waals surface area contributed by atoms with Crippen LogP contribution in [0.2, 0.25) is 0 Å². The van der Waals surface area contributed by atoms with Crippen LogP contribution in [-0.2, 0) is 0 Å². The monoisotopic (exact) mass is 394 g/mol. The third-order valence-corrected chi connectivity index (χ3v) is 5.75. The minimum atomic E-state index is 0.507. The summed E-state index contributed by atoms with van der Waals surface area (Å²) in [7, 11) is 0. The molecule has 170 valence electrons. The molecule has 0 aromatic carbocycles. The number of rotatable bonds is 4. The van der Waals surface area contributed by atoms with E-state index in [0.29, 0.717) is 21.7 Å². The van der Waals surface area contributed by atoms with Crippen LogP contribution in [-0.4, -0.2) is 0 Å². The SMILES string of the molecule is CC(C)(C)CC1CCC1.CC(C)(C)CCC(C)(C)C.CC(C)(C)CCC1CC1. The Morgan fingerprint density at radius 1 is 0.464 bits per heavy atom. The lowest BCUT2D eigenvalue weighted by molar-refractivity contribution is 0.207. The summed E-state index contributed by atoms with van der Waals surface area (Å²) in [5.41, 5.74) is 2.16. The molecule has 0 nitrogen and oxygen atoms in total. The molecule has 0 aliphatic heterocycles. The van der Waals surface area contributed by atoms with Crippen molar-refractivity contribution in [1.29, 1.82) is 0 Å². The summed E-state index contributed by atoms with van der Waals surface area (Å²) >= 11 is 0. The van der Waals surface area contributed by atoms with Crippen molar-refractivity contribution in [2.75, 3.05) is 0 Å². The Bertz CT molecular complexity index is 366. The molecule has 0 saturated heterocycles. The van der Waals surface area contributed by atoms with E-state index in [1.165, 1.54) is 64.2 Å². The van der Waals surface area contributed by atoms with Crippen molar-refractivity contribution in [1.82, 2.24) is 0 Å². The largest absolute Gasteiger partial charge is 0.0602 e. The molecule has 2 saturated carbocycles. The standard InChI is InChI=1S/C10H22.2C9H18/c1-9(2,3)7-8-10(4,5)6;1-9(2,3)7-6-8-4-5-8;1-9(2,3)7-8-5-4-6-8/h7-8H2,1-6H3;2*8H,4-7H2,1-3H3. The second-order valence-corrected chi connectivity index (χ2v) is 14.7. The van der Waals surface area contributed by atoms with E-state index in [-0.39, 0.29) is 0 Å². The average molecular weight is 395 g/mol. The van der Waals surface area contributed by atoms with Gasteiger partial charge in [0.2, 0.25) is 0 Å². The lowest BCUT2D eigenvalue weighted by Gasteiger charge is -2.31. The molecule has 28 heavy (non-hydrogen) atoms. The predicted octanol–water partition coefficient (Wildman–Crippen LogP) is 10.3. The Labute approximate surface area is 181 Å². The Hall–Kier alpha value is 0. The zero-order valence-corrected chi connectivity index (χ0v) is 22.2. The molecule has 0 radical (unpaired) electrons. The highest BCUT2D eigenvalue weighted by atomic mass is 14.3. The maximum absolute atomic E-state index is 2.34. The van der Waals surface area contributed by atoms with Gasteiger partial charge in [-0.2, -0.15) is 0 Å². The first-order valence-electron chi connectivity index (χ1n) is 12.4. The summed E-state index contributed by atoms with van der Waals surface area (Å²) in [4.78, 5) is 0. The van der Waals surface area contributed by atoms with Crippen LogP contribution in [0.5, 0.6) is 0 Å². The van der Waals surface area contributed by atoms with Crippen molar-refractivity contribution in [3.05, 3.63) is 0 Å². The zero-order valence-electron chi connectivity index (χ0n) is 22.2. The average Bonchev–Trinajstić information content (AvgIpc) is 3.21. The van der Waals surface area contributed by atoms with Gasteiger partial charge < -0.3 is 0 Å². The molecular formula is C28H58. The molecule has 2 rings (SSSR count). The van der Waals surface area contributed by atoms with Gasteiger partial charge in [-0.3, -0.25) is 0 Å². The second-order valence-electron chi connectivity index (χ2n) is 14.7. The van der Waals surface area contributed by atoms with Gasteiger partial charge in [0.1, 0.15) is 0 Å². The van der Waals surface area contributed by atoms with E-state index in [4.69, 9.17) is 0 Å². The lowest BCUT2D eigenvalue weighted by atomic mass is 9.74. The number of hydrogen-bond acceptors (Lipinski definition) is 0. The van der Waals surface area contributed by atoms with Gasteiger partial charge in [0.05, 0.1) is 0 Å². The third kappa shape index (κ3) is 22.3. The van der Waals surface area contributed by atoms with Gasteiger partial charge in [0.15, 0.2) is 0 Å². The lowest BCUT2D eigenvalue weighted by Crippen LogP contribution is -2.18. The smallest absolute Gasteiger partial charge is 0.0380 e. The van der Waals surface area contributed by atoms with Gasteiger partial charge in [-0.15, -0.1) is 0 Å². The molecule has 2 aliphatic carbocycles. The van der Waals surface area contributed by atoms with E-state index >= 15 is 0 Å². The molecule has 0 unspecified atom stereocenters. The molecule has 0 heteroatoms. The second kappa shape index (κ2) is 11.4. The van der Waals surface area contributed by atoms with Crippen LogP contribution in [0.4, 0.5) is 0 Å². The first-order valence-corrected chi connectivity index (χ1v) is 12.4. The zero-order chi connectivity index (χ0) is 22.2. The molecule has 0 atom stereocenters. The Morgan fingerprint density at radius 2 is 0.857 bits per heavy atom. The summed E-state index contributed by atoms with van der Waals surface area (Å²) in [5.74, 6) is 2.19. The van der Waals surface area contributed by atoms with Crippen LogP contribution >= 0.6 is 0 Å². The van der Waals surface area contributed by atoms with Crippen LogP contribution in [0, 0.1) is 33.5 Å². The predicted molar refractivity (Wildman–Crippen MR) is 131 cm³/mol. The Morgan fingerprint density at radius 3 is 1.04 bits per heavy atom. The van der Waals surface area contributed by atoms with Crippen LogP contribution < -0.4 is 0 Å². The van der Waals surface area contributed by atoms with Crippen molar-refractivity contribution >= 4 is 0 Å². The van der Waals surface area contributed by atoms with E-state index < -0.39 is 0 Å². The minimum absolute atomic E-state index is 0.507. The molecule has 0 N–H and O–H groups in total. The van der Waals surface area contributed by atoms with E-state index in [9.17, 15) is 0 Å². The fourth-order valence-corrected chi connectivity index (χ4v) is 3.36. The summed E-state index contributed by atoms with van der Waals surface area (Å²) in [6.45, 7) is 27.8.